The van der Waals surface area contributed by atoms with Gasteiger partial charge in [-0.25, -0.2) is 0 Å². The van der Waals surface area contributed by atoms with Crippen LogP contribution in [0.15, 0.2) is 42.5 Å². The van der Waals surface area contributed by atoms with Crippen LogP contribution in [0.4, 0.5) is 0 Å². The van der Waals surface area contributed by atoms with Crippen LogP contribution in [0.5, 0.6) is 0 Å². The zero-order valence-electron chi connectivity index (χ0n) is 13.4. The molecule has 3 rings (SSSR count). The molecular weight excluding hydrogens is 290 g/mol. The number of rotatable bonds is 5. The van der Waals surface area contributed by atoms with Gasteiger partial charge in [-0.15, -0.1) is 0 Å². The Labute approximate surface area is 135 Å². The van der Waals surface area contributed by atoms with Crippen molar-refractivity contribution in [3.8, 4) is 0 Å². The van der Waals surface area contributed by atoms with Gasteiger partial charge in [0.25, 0.3) is 5.91 Å². The minimum absolute atomic E-state index is 0.0155. The highest BCUT2D eigenvalue weighted by Crippen LogP contribution is 2.38. The number of hydrogen-bond acceptors (Lipinski definition) is 3. The van der Waals surface area contributed by atoms with Crippen LogP contribution in [0, 0.1) is 11.8 Å². The third-order valence-corrected chi connectivity index (χ3v) is 4.43. The van der Waals surface area contributed by atoms with E-state index in [4.69, 9.17) is 4.74 Å². The lowest BCUT2D eigenvalue weighted by atomic mass is 10.00. The summed E-state index contributed by atoms with van der Waals surface area (Å²) in [5.74, 6) is -0.156. The lowest BCUT2D eigenvalue weighted by Gasteiger charge is -2.16. The van der Waals surface area contributed by atoms with Gasteiger partial charge in [-0.1, -0.05) is 49.4 Å². The zero-order chi connectivity index (χ0) is 16.4. The SMILES string of the molecule is C[C@H](NC(=O)COC(=O)[C@@H]1C[C@@H]1C)c1cccc2ccccc12. The van der Waals surface area contributed by atoms with Crippen LogP contribution >= 0.6 is 0 Å². The number of carbonyl (C=O) groups excluding carboxylic acids is 2. The molecule has 1 aliphatic rings. The van der Waals surface area contributed by atoms with Crippen molar-refractivity contribution >= 4 is 22.6 Å². The van der Waals surface area contributed by atoms with Gasteiger partial charge in [-0.05, 0) is 35.6 Å². The first kappa shape index (κ1) is 15.5. The molecule has 4 nitrogen and oxygen atoms in total. The van der Waals surface area contributed by atoms with Gasteiger partial charge in [0, 0.05) is 0 Å². The molecule has 1 N–H and O–H groups in total. The Kier molecular flexibility index (Phi) is 4.33. The number of esters is 1. The van der Waals surface area contributed by atoms with Crippen LogP contribution in [0.1, 0.15) is 31.9 Å². The predicted octanol–water partition coefficient (Wildman–Crippen LogP) is 3.22. The molecule has 0 spiro atoms. The maximum Gasteiger partial charge on any atom is 0.309 e. The summed E-state index contributed by atoms with van der Waals surface area (Å²) >= 11 is 0. The summed E-state index contributed by atoms with van der Waals surface area (Å²) in [4.78, 5) is 23.7. The molecular formula is C19H21NO3. The van der Waals surface area contributed by atoms with Gasteiger partial charge in [-0.2, -0.15) is 0 Å². The maximum atomic E-state index is 12.0. The minimum Gasteiger partial charge on any atom is -0.455 e. The Morgan fingerprint density at radius 1 is 1.22 bits per heavy atom. The molecule has 0 saturated heterocycles. The second kappa shape index (κ2) is 6.41. The number of fused-ring (bicyclic) bond motifs is 1. The minimum atomic E-state index is -0.271. The summed E-state index contributed by atoms with van der Waals surface area (Å²) in [5.41, 5.74) is 1.05. The standard InChI is InChI=1S/C19H21NO3/c1-12-10-17(12)19(22)23-11-18(21)20-13(2)15-9-5-7-14-6-3-4-8-16(14)15/h3-9,12-13,17H,10-11H2,1-2H3,(H,20,21)/t12-,13-,17+/m0/s1. The van der Waals surface area contributed by atoms with Crippen LogP contribution < -0.4 is 5.32 Å². The predicted molar refractivity (Wildman–Crippen MR) is 88.7 cm³/mol. The summed E-state index contributed by atoms with van der Waals surface area (Å²) < 4.78 is 5.07. The molecule has 2 aromatic carbocycles. The molecule has 1 saturated carbocycles. The monoisotopic (exact) mass is 311 g/mol. The van der Waals surface area contributed by atoms with Gasteiger partial charge in [-0.3, -0.25) is 9.59 Å². The van der Waals surface area contributed by atoms with Crippen molar-refractivity contribution in [1.82, 2.24) is 5.32 Å². The van der Waals surface area contributed by atoms with E-state index in [0.717, 1.165) is 22.8 Å². The summed E-state index contributed by atoms with van der Waals surface area (Å²) in [7, 11) is 0. The highest BCUT2D eigenvalue weighted by Gasteiger charge is 2.40. The summed E-state index contributed by atoms with van der Waals surface area (Å²) in [6.07, 6.45) is 0.868. The van der Waals surface area contributed by atoms with Gasteiger partial charge in [0.05, 0.1) is 12.0 Å². The molecule has 0 unspecified atom stereocenters. The average Bonchev–Trinajstić information content (AvgIpc) is 3.29. The first-order chi connectivity index (χ1) is 11.1. The Bertz CT molecular complexity index is 735. The molecule has 120 valence electrons. The molecule has 1 fully saturated rings. The molecule has 0 bridgehead atoms. The number of nitrogens with one attached hydrogen (secondary N) is 1. The number of hydrogen-bond donors (Lipinski definition) is 1. The summed E-state index contributed by atoms with van der Waals surface area (Å²) in [6.45, 7) is 3.73. The number of ether oxygens (including phenoxy) is 1. The van der Waals surface area contributed by atoms with Crippen molar-refractivity contribution in [3.63, 3.8) is 0 Å². The van der Waals surface area contributed by atoms with Gasteiger partial charge in [0.15, 0.2) is 6.61 Å². The van der Waals surface area contributed by atoms with Crippen LogP contribution in [-0.4, -0.2) is 18.5 Å². The van der Waals surface area contributed by atoms with Crippen molar-refractivity contribution in [2.24, 2.45) is 11.8 Å². The van der Waals surface area contributed by atoms with E-state index in [-0.39, 0.29) is 30.4 Å². The Morgan fingerprint density at radius 2 is 1.91 bits per heavy atom. The lowest BCUT2D eigenvalue weighted by molar-refractivity contribution is -0.150. The molecule has 4 heteroatoms. The van der Waals surface area contributed by atoms with Gasteiger partial charge >= 0.3 is 5.97 Å². The van der Waals surface area contributed by atoms with Crippen LogP contribution in [0.3, 0.4) is 0 Å². The molecule has 0 heterocycles. The fourth-order valence-electron chi connectivity index (χ4n) is 2.88. The largest absolute Gasteiger partial charge is 0.455 e. The third-order valence-electron chi connectivity index (χ3n) is 4.43. The van der Waals surface area contributed by atoms with Crippen molar-refractivity contribution < 1.29 is 14.3 Å². The van der Waals surface area contributed by atoms with Crippen LogP contribution in [0.2, 0.25) is 0 Å². The normalized spacial score (nSPS) is 20.8. The van der Waals surface area contributed by atoms with Gasteiger partial charge in [0.1, 0.15) is 0 Å². The smallest absolute Gasteiger partial charge is 0.309 e. The molecule has 0 radical (unpaired) electrons. The Hall–Kier alpha value is -2.36. The lowest BCUT2D eigenvalue weighted by Crippen LogP contribution is -2.31. The second-order valence-electron chi connectivity index (χ2n) is 6.28. The fourth-order valence-corrected chi connectivity index (χ4v) is 2.88. The van der Waals surface area contributed by atoms with E-state index in [9.17, 15) is 9.59 Å². The van der Waals surface area contributed by atoms with Crippen LogP contribution in [0.25, 0.3) is 10.8 Å². The first-order valence-corrected chi connectivity index (χ1v) is 8.00. The van der Waals surface area contributed by atoms with E-state index in [0.29, 0.717) is 5.92 Å². The number of carbonyl (C=O) groups is 2. The first-order valence-electron chi connectivity index (χ1n) is 8.00. The fraction of sp³-hybridized carbons (Fsp3) is 0.368. The highest BCUT2D eigenvalue weighted by molar-refractivity contribution is 5.87. The van der Waals surface area contributed by atoms with E-state index in [2.05, 4.69) is 5.32 Å². The Morgan fingerprint density at radius 3 is 2.65 bits per heavy atom. The van der Waals surface area contributed by atoms with Gasteiger partial charge < -0.3 is 10.1 Å². The van der Waals surface area contributed by atoms with E-state index >= 15 is 0 Å². The maximum absolute atomic E-state index is 12.0. The van der Waals surface area contributed by atoms with Crippen LogP contribution in [-0.2, 0) is 14.3 Å². The second-order valence-corrected chi connectivity index (χ2v) is 6.28. The van der Waals surface area contributed by atoms with E-state index in [1.165, 1.54) is 0 Å². The molecule has 23 heavy (non-hydrogen) atoms. The topological polar surface area (TPSA) is 55.4 Å². The average molecular weight is 311 g/mol. The summed E-state index contributed by atoms with van der Waals surface area (Å²) in [6, 6.07) is 14.0. The third kappa shape index (κ3) is 3.52. The van der Waals surface area contributed by atoms with Gasteiger partial charge in [0.2, 0.25) is 0 Å². The highest BCUT2D eigenvalue weighted by atomic mass is 16.5. The quantitative estimate of drug-likeness (QED) is 0.863. The van der Waals surface area contributed by atoms with Crippen molar-refractivity contribution in [2.45, 2.75) is 26.3 Å². The van der Waals surface area contributed by atoms with Crippen molar-refractivity contribution in [1.29, 1.82) is 0 Å². The molecule has 3 atom stereocenters. The molecule has 1 amide bonds. The molecule has 2 aromatic rings. The molecule has 0 aromatic heterocycles. The molecule has 1 aliphatic carbocycles. The van der Waals surface area contributed by atoms with Crippen molar-refractivity contribution in [3.05, 3.63) is 48.0 Å². The number of amides is 1. The number of benzene rings is 2. The molecule has 0 aliphatic heterocycles. The zero-order valence-corrected chi connectivity index (χ0v) is 13.4. The van der Waals surface area contributed by atoms with E-state index in [1.807, 2.05) is 56.3 Å². The van der Waals surface area contributed by atoms with E-state index in [1.54, 1.807) is 0 Å². The van der Waals surface area contributed by atoms with E-state index < -0.39 is 0 Å². The Balaban J connectivity index is 1.60. The summed E-state index contributed by atoms with van der Waals surface area (Å²) in [5, 5.41) is 5.15. The van der Waals surface area contributed by atoms with Crippen molar-refractivity contribution in [2.75, 3.05) is 6.61 Å².